The molecule has 2 heterocycles. The van der Waals surface area contributed by atoms with E-state index in [0.717, 1.165) is 37.0 Å². The molecule has 10 rings (SSSR count). The lowest BCUT2D eigenvalue weighted by Gasteiger charge is -2.45. The summed E-state index contributed by atoms with van der Waals surface area (Å²) in [5.74, 6) is 0. The van der Waals surface area contributed by atoms with Crippen LogP contribution in [0, 0.1) is 0 Å². The molecule has 2 aliphatic rings. The monoisotopic (exact) mass is 617 g/mol. The van der Waals surface area contributed by atoms with Crippen LogP contribution >= 0.6 is 11.3 Å². The van der Waals surface area contributed by atoms with Gasteiger partial charge in [-0.1, -0.05) is 115 Å². The molecule has 0 saturated heterocycles. The first-order valence-electron chi connectivity index (χ1n) is 16.0. The van der Waals surface area contributed by atoms with E-state index in [0.29, 0.717) is 0 Å². The van der Waals surface area contributed by atoms with Gasteiger partial charge in [0.15, 0.2) is 5.43 Å². The van der Waals surface area contributed by atoms with Gasteiger partial charge in [-0.3, -0.25) is 4.79 Å². The molecule has 1 spiro atoms. The Hall–Kier alpha value is -5.77. The van der Waals surface area contributed by atoms with E-state index in [-0.39, 0.29) is 5.43 Å². The molecule has 220 valence electrons. The van der Waals surface area contributed by atoms with Crippen molar-refractivity contribution in [2.75, 3.05) is 4.90 Å². The average Bonchev–Trinajstić information content (AvgIpc) is 3.43. The molecule has 0 N–H and O–H groups in total. The van der Waals surface area contributed by atoms with Gasteiger partial charge in [-0.25, -0.2) is 0 Å². The third kappa shape index (κ3) is 3.58. The average molecular weight is 618 g/mol. The van der Waals surface area contributed by atoms with E-state index in [1.165, 1.54) is 44.8 Å². The number of hydrogen-bond acceptors (Lipinski definition) is 3. The number of rotatable bonds is 2. The van der Waals surface area contributed by atoms with Crippen LogP contribution in [0.15, 0.2) is 169 Å². The van der Waals surface area contributed by atoms with Crippen molar-refractivity contribution in [3.05, 3.63) is 196 Å². The Morgan fingerprint density at radius 3 is 1.62 bits per heavy atom. The lowest BCUT2D eigenvalue weighted by atomic mass is 9.64. The maximum Gasteiger partial charge on any atom is 0.195 e. The quantitative estimate of drug-likeness (QED) is 0.180. The maximum atomic E-state index is 13.2. The van der Waals surface area contributed by atoms with Crippen molar-refractivity contribution in [2.45, 2.75) is 5.41 Å². The Labute approximate surface area is 276 Å². The maximum absolute atomic E-state index is 13.2. The van der Waals surface area contributed by atoms with Gasteiger partial charge in [-0.2, -0.15) is 0 Å². The second-order valence-electron chi connectivity index (χ2n) is 12.4. The van der Waals surface area contributed by atoms with Gasteiger partial charge in [-0.05, 0) is 93.0 Å². The second kappa shape index (κ2) is 9.86. The van der Waals surface area contributed by atoms with Crippen molar-refractivity contribution in [1.29, 1.82) is 0 Å². The summed E-state index contributed by atoms with van der Waals surface area (Å²) in [5.41, 5.74) is 13.3. The Morgan fingerprint density at radius 2 is 0.957 bits per heavy atom. The zero-order valence-corrected chi connectivity index (χ0v) is 26.2. The number of benzene rings is 7. The minimum absolute atomic E-state index is 0.101. The fourth-order valence-corrected chi connectivity index (χ4v) is 9.23. The van der Waals surface area contributed by atoms with E-state index in [1.54, 1.807) is 11.3 Å². The Morgan fingerprint density at radius 1 is 0.447 bits per heavy atom. The van der Waals surface area contributed by atoms with E-state index in [9.17, 15) is 4.79 Å². The van der Waals surface area contributed by atoms with Gasteiger partial charge in [0.2, 0.25) is 0 Å². The molecule has 2 nitrogen and oxygen atoms in total. The molecule has 0 unspecified atom stereocenters. The SMILES string of the molecule is O=c1c2ccccc2sc2cc(-c3ccc(N4c5ccccc5C5(c6ccccc6-c6ccccc65)c5ccccc54)cc3)ccc12. The fraction of sp³-hybridized carbons (Fsp3) is 0.0227. The van der Waals surface area contributed by atoms with Gasteiger partial charge < -0.3 is 4.90 Å². The molecule has 0 atom stereocenters. The van der Waals surface area contributed by atoms with Crippen LogP contribution in [0.2, 0.25) is 0 Å². The molecule has 0 bridgehead atoms. The van der Waals surface area contributed by atoms with E-state index in [4.69, 9.17) is 0 Å². The molecule has 0 fully saturated rings. The van der Waals surface area contributed by atoms with Gasteiger partial charge in [-0.15, -0.1) is 11.3 Å². The van der Waals surface area contributed by atoms with Crippen molar-refractivity contribution < 1.29 is 0 Å². The summed E-state index contributed by atoms with van der Waals surface area (Å²) in [6.45, 7) is 0. The summed E-state index contributed by atoms with van der Waals surface area (Å²) in [5, 5.41) is 1.56. The zero-order chi connectivity index (χ0) is 31.1. The van der Waals surface area contributed by atoms with Crippen LogP contribution in [0.3, 0.4) is 0 Å². The van der Waals surface area contributed by atoms with E-state index in [1.807, 2.05) is 30.3 Å². The summed E-state index contributed by atoms with van der Waals surface area (Å²) >= 11 is 1.68. The van der Waals surface area contributed by atoms with E-state index < -0.39 is 5.41 Å². The molecule has 0 radical (unpaired) electrons. The number of nitrogens with zero attached hydrogens (tertiary/aromatic N) is 1. The Balaban J connectivity index is 1.14. The molecule has 7 aromatic carbocycles. The molecule has 3 heteroatoms. The van der Waals surface area contributed by atoms with Crippen molar-refractivity contribution in [3.8, 4) is 22.3 Å². The van der Waals surface area contributed by atoms with Crippen molar-refractivity contribution >= 4 is 48.6 Å². The number of fused-ring (bicyclic) bond motifs is 11. The van der Waals surface area contributed by atoms with Gasteiger partial charge in [0.1, 0.15) is 0 Å². The number of anilines is 3. The molecule has 0 saturated carbocycles. The zero-order valence-electron chi connectivity index (χ0n) is 25.4. The van der Waals surface area contributed by atoms with Crippen LogP contribution in [0.4, 0.5) is 17.1 Å². The van der Waals surface area contributed by atoms with E-state index >= 15 is 0 Å². The fourth-order valence-electron chi connectivity index (χ4n) is 8.12. The summed E-state index contributed by atoms with van der Waals surface area (Å²) in [6.07, 6.45) is 0. The lowest BCUT2D eigenvalue weighted by molar-refractivity contribution is 0.752. The second-order valence-corrected chi connectivity index (χ2v) is 13.5. The highest BCUT2D eigenvalue weighted by atomic mass is 32.1. The summed E-state index contributed by atoms with van der Waals surface area (Å²) in [6, 6.07) is 58.6. The minimum Gasteiger partial charge on any atom is -0.310 e. The molecule has 0 amide bonds. The Kier molecular flexibility index (Phi) is 5.55. The first-order valence-corrected chi connectivity index (χ1v) is 16.8. The summed E-state index contributed by atoms with van der Waals surface area (Å²) < 4.78 is 2.03. The van der Waals surface area contributed by atoms with Crippen molar-refractivity contribution in [1.82, 2.24) is 0 Å². The minimum atomic E-state index is -0.409. The van der Waals surface area contributed by atoms with Crippen LogP contribution in [0.5, 0.6) is 0 Å². The number of para-hydroxylation sites is 2. The van der Waals surface area contributed by atoms with Gasteiger partial charge >= 0.3 is 0 Å². The van der Waals surface area contributed by atoms with Crippen molar-refractivity contribution in [3.63, 3.8) is 0 Å². The molecular weight excluding hydrogens is 591 g/mol. The summed E-state index contributed by atoms with van der Waals surface area (Å²) in [7, 11) is 0. The van der Waals surface area contributed by atoms with Crippen LogP contribution < -0.4 is 10.3 Å². The Bertz CT molecular complexity index is 2520. The van der Waals surface area contributed by atoms with Gasteiger partial charge in [0.05, 0.1) is 16.8 Å². The first-order chi connectivity index (χ1) is 23.2. The largest absolute Gasteiger partial charge is 0.310 e. The van der Waals surface area contributed by atoms with Crippen LogP contribution in [-0.2, 0) is 5.41 Å². The highest BCUT2D eigenvalue weighted by molar-refractivity contribution is 7.24. The number of hydrogen-bond donors (Lipinski definition) is 0. The van der Waals surface area contributed by atoms with Crippen LogP contribution in [0.25, 0.3) is 42.4 Å². The molecule has 1 aliphatic heterocycles. The molecule has 1 aromatic heterocycles. The standard InChI is InChI=1S/C44H27NOS/c46-43-33-13-3-10-20-41(33)47-42-27-29(23-26-34(42)43)28-21-24-30(25-22-28)45-39-18-8-6-16-37(39)44(38-17-7-9-19-40(38)45)35-14-4-1-11-31(35)32-12-2-5-15-36(32)44/h1-27H. The first kappa shape index (κ1) is 26.4. The van der Waals surface area contributed by atoms with Crippen molar-refractivity contribution in [2.24, 2.45) is 0 Å². The van der Waals surface area contributed by atoms with E-state index in [2.05, 4.69) is 138 Å². The smallest absolute Gasteiger partial charge is 0.195 e. The highest BCUT2D eigenvalue weighted by Gasteiger charge is 2.51. The lowest BCUT2D eigenvalue weighted by Crippen LogP contribution is -2.36. The third-order valence-corrected chi connectivity index (χ3v) is 11.2. The third-order valence-electron chi connectivity index (χ3n) is 10.1. The van der Waals surface area contributed by atoms with Gasteiger partial charge in [0.25, 0.3) is 0 Å². The topological polar surface area (TPSA) is 20.3 Å². The molecule has 47 heavy (non-hydrogen) atoms. The molecule has 8 aromatic rings. The highest BCUT2D eigenvalue weighted by Crippen LogP contribution is 2.63. The van der Waals surface area contributed by atoms with Crippen LogP contribution in [-0.4, -0.2) is 0 Å². The predicted molar refractivity (Wildman–Crippen MR) is 197 cm³/mol. The molecular formula is C44H27NOS. The summed E-state index contributed by atoms with van der Waals surface area (Å²) in [4.78, 5) is 15.6. The predicted octanol–water partition coefficient (Wildman–Crippen LogP) is 11.2. The molecule has 1 aliphatic carbocycles. The van der Waals surface area contributed by atoms with Gasteiger partial charge in [0, 0.05) is 25.9 Å². The normalized spacial score (nSPS) is 13.7. The van der Waals surface area contributed by atoms with Crippen LogP contribution in [0.1, 0.15) is 22.3 Å².